The van der Waals surface area contributed by atoms with Gasteiger partial charge in [-0.05, 0) is 25.3 Å². The Morgan fingerprint density at radius 2 is 2.54 bits per heavy atom. The minimum atomic E-state index is -3.43. The molecule has 0 radical (unpaired) electrons. The van der Waals surface area contributed by atoms with Crippen LogP contribution in [-0.4, -0.2) is 58.3 Å². The summed E-state index contributed by atoms with van der Waals surface area (Å²) < 4.78 is 83.5. The molecule has 1 N–H and O–H groups in total. The normalized spacial score (nSPS) is 36.9. The van der Waals surface area contributed by atoms with Gasteiger partial charge in [-0.15, -0.1) is 0 Å². The molecule has 0 spiro atoms. The van der Waals surface area contributed by atoms with Crippen molar-refractivity contribution in [2.75, 3.05) is 31.4 Å². The molecule has 1 fully saturated rings. The lowest BCUT2D eigenvalue weighted by Crippen LogP contribution is -2.53. The Kier molecular flexibility index (Phi) is 2.15. The highest BCUT2D eigenvalue weighted by molar-refractivity contribution is 5.88. The molecule has 7 heteroatoms. The number of carbonyl (C=O) groups is 1. The Balaban J connectivity index is 2.34. The Hall–Kier alpha value is -2.62. The number of likely N-dealkylation sites (N-methyl/N-ethyl adjacent to an activating group) is 1. The number of piperidine rings is 1. The number of nitrogens with zero attached hydrogens (tertiary/aromatic N) is 5. The van der Waals surface area contributed by atoms with Crippen LogP contribution >= 0.6 is 0 Å². The van der Waals surface area contributed by atoms with Crippen LogP contribution in [0.5, 0.6) is 0 Å². The Labute approximate surface area is 155 Å². The van der Waals surface area contributed by atoms with Crippen molar-refractivity contribution in [3.63, 3.8) is 0 Å². The third kappa shape index (κ3) is 2.92. The zero-order valence-electron chi connectivity index (χ0n) is 23.3. The summed E-state index contributed by atoms with van der Waals surface area (Å²) in [6, 6.07) is -2.85. The molecule has 3 rings (SSSR count). The molecule has 0 bridgehead atoms. The Morgan fingerprint density at radius 3 is 3.29 bits per heavy atom. The predicted molar refractivity (Wildman–Crippen MR) is 92.6 cm³/mol. The highest BCUT2D eigenvalue weighted by Gasteiger charge is 2.33. The van der Waals surface area contributed by atoms with E-state index in [-0.39, 0.29) is 27.8 Å². The number of anilines is 1. The molecule has 3 heterocycles. The fourth-order valence-corrected chi connectivity index (χ4v) is 2.38. The summed E-state index contributed by atoms with van der Waals surface area (Å²) in [4.78, 5) is 26.9. The largest absolute Gasteiger partial charge is 0.354 e. The number of likely N-dealkylation sites (tertiary alicyclic amines) is 1. The van der Waals surface area contributed by atoms with Gasteiger partial charge in [0.15, 0.2) is 0 Å². The van der Waals surface area contributed by atoms with E-state index in [9.17, 15) is 4.79 Å². The first kappa shape index (κ1) is 7.97. The van der Waals surface area contributed by atoms with Gasteiger partial charge in [0, 0.05) is 31.2 Å². The van der Waals surface area contributed by atoms with Crippen molar-refractivity contribution >= 4 is 22.8 Å². The summed E-state index contributed by atoms with van der Waals surface area (Å²) in [6.45, 7) is -0.573. The van der Waals surface area contributed by atoms with Crippen molar-refractivity contribution in [2.24, 2.45) is 5.92 Å². The third-order valence-electron chi connectivity index (χ3n) is 3.51. The van der Waals surface area contributed by atoms with E-state index in [0.29, 0.717) is 5.69 Å². The van der Waals surface area contributed by atoms with Crippen LogP contribution in [0.1, 0.15) is 32.7 Å². The predicted octanol–water partition coefficient (Wildman–Crippen LogP) is 1.86. The van der Waals surface area contributed by atoms with Gasteiger partial charge in [0.25, 0.3) is 6.50 Å². The number of carbonyl (C=O) groups excluding carboxylic acids is 1. The third-order valence-corrected chi connectivity index (χ3v) is 3.51. The second kappa shape index (κ2) is 6.48. The number of nitrogens with one attached hydrogen (secondary N) is 1. The first-order valence-corrected chi connectivity index (χ1v) is 7.08. The van der Waals surface area contributed by atoms with E-state index in [0.717, 1.165) is 18.2 Å². The van der Waals surface area contributed by atoms with Crippen LogP contribution in [0.3, 0.4) is 0 Å². The maximum absolute atomic E-state index is 12.9. The number of hydrogen-bond acceptors (Lipinski definition) is 4. The summed E-state index contributed by atoms with van der Waals surface area (Å²) in [5, 5.41) is 0.0978. The second-order valence-corrected chi connectivity index (χ2v) is 5.19. The minimum absolute atomic E-state index is 0.0549. The molecule has 0 saturated carbocycles. The molecule has 1 amide bonds. The molecule has 2 atom stereocenters. The van der Waals surface area contributed by atoms with Crippen LogP contribution in [0, 0.1) is 19.4 Å². The van der Waals surface area contributed by atoms with Crippen LogP contribution < -0.4 is 4.90 Å². The summed E-state index contributed by atoms with van der Waals surface area (Å²) >= 11 is 0. The van der Waals surface area contributed by atoms with Gasteiger partial charge in [-0.1, -0.05) is 6.92 Å². The summed E-state index contributed by atoms with van der Waals surface area (Å²) in [6.07, 6.45) is -1.99. The lowest BCUT2D eigenvalue weighted by Gasteiger charge is -2.41. The van der Waals surface area contributed by atoms with Crippen molar-refractivity contribution in [1.29, 1.82) is 0 Å². The average Bonchev–Trinajstić information content (AvgIpc) is 3.04. The van der Waals surface area contributed by atoms with E-state index in [1.54, 1.807) is 6.92 Å². The van der Waals surface area contributed by atoms with Gasteiger partial charge in [-0.2, -0.15) is 0 Å². The molecule has 1 aliphatic heterocycles. The second-order valence-electron chi connectivity index (χ2n) is 5.19. The summed E-state index contributed by atoms with van der Waals surface area (Å²) in [5.74, 6) is -3.87. The van der Waals surface area contributed by atoms with E-state index >= 15 is 0 Å². The van der Waals surface area contributed by atoms with E-state index < -0.39 is 43.7 Å². The molecule has 24 heavy (non-hydrogen) atoms. The maximum Gasteiger partial charge on any atom is 0.302 e. The molecule has 7 nitrogen and oxygen atoms in total. The van der Waals surface area contributed by atoms with Gasteiger partial charge in [0.1, 0.15) is 20.5 Å². The maximum atomic E-state index is 12.9. The number of amides is 1. The molecule has 126 valence electrons. The number of hydrogen-bond donors (Lipinski definition) is 1. The number of fused-ring (bicyclic) bond motifs is 1. The fourth-order valence-electron chi connectivity index (χ4n) is 2.38. The lowest BCUT2D eigenvalue weighted by atomic mass is 9.92. The standard InChI is InChI=1S/C17H22N6O/c1-11-5-6-23(15(24)8-18-3)9-14(11)22(4)17-13-7-12(2)21-16(13)19-10-20-17/h7,10-11,14H,5-6,8-9H2,1-2,4H3,(H,19,20,21)/t11-,14+/m1/s1/i5D2,6D2,7D,8D2,9D2,14D. The summed E-state index contributed by atoms with van der Waals surface area (Å²) in [7, 11) is 1.19. The number of aromatic amines is 1. The van der Waals surface area contributed by atoms with Crippen molar-refractivity contribution in [1.82, 2.24) is 19.9 Å². The molecule has 1 saturated heterocycles. The summed E-state index contributed by atoms with van der Waals surface area (Å²) in [5.41, 5.74) is 0.597. The van der Waals surface area contributed by atoms with Gasteiger partial charge < -0.3 is 19.6 Å². The van der Waals surface area contributed by atoms with Gasteiger partial charge in [0.05, 0.1) is 16.9 Å². The zero-order chi connectivity index (χ0) is 26.2. The van der Waals surface area contributed by atoms with Gasteiger partial charge in [-0.25, -0.2) is 16.5 Å². The smallest absolute Gasteiger partial charge is 0.302 e. The van der Waals surface area contributed by atoms with E-state index in [4.69, 9.17) is 20.3 Å². The zero-order valence-corrected chi connectivity index (χ0v) is 13.3. The minimum Gasteiger partial charge on any atom is -0.354 e. The van der Waals surface area contributed by atoms with Crippen molar-refractivity contribution in [2.45, 2.75) is 26.2 Å². The monoisotopic (exact) mass is 336 g/mol. The highest BCUT2D eigenvalue weighted by atomic mass is 16.2. The van der Waals surface area contributed by atoms with Crippen LogP contribution in [-0.2, 0) is 4.79 Å². The van der Waals surface area contributed by atoms with Crippen LogP contribution in [0.2, 0.25) is 0 Å². The molecular weight excluding hydrogens is 304 g/mol. The number of rotatable bonds is 3. The molecule has 0 aliphatic carbocycles. The first-order chi connectivity index (χ1) is 15.3. The SMILES string of the molecule is [2H]c1c(C)[nH]c2ncnc(N(C)[C@]3([2H])[C@H](C)C([2H])([2H])C([2H])([2H])N(C(=O)C([2H])([2H])[N+]#[C-])C3([2H])[2H])c12. The Bertz CT molecular complexity index is 1210. The van der Waals surface area contributed by atoms with Gasteiger partial charge in [-0.3, -0.25) is 4.79 Å². The number of aromatic nitrogens is 3. The van der Waals surface area contributed by atoms with E-state index in [1.165, 1.54) is 7.05 Å². The van der Waals surface area contributed by atoms with Gasteiger partial charge in [0.2, 0.25) is 0 Å². The number of H-pyrrole nitrogens is 1. The van der Waals surface area contributed by atoms with Crippen LogP contribution in [0.4, 0.5) is 5.82 Å². The van der Waals surface area contributed by atoms with Crippen molar-refractivity contribution in [3.8, 4) is 0 Å². The Morgan fingerprint density at radius 1 is 1.75 bits per heavy atom. The molecule has 1 aliphatic rings. The first-order valence-electron chi connectivity index (χ1n) is 12.1. The van der Waals surface area contributed by atoms with Crippen molar-refractivity contribution < 1.29 is 18.5 Å². The topological polar surface area (TPSA) is 69.5 Å². The fraction of sp³-hybridized carbons (Fsp3) is 0.529. The van der Waals surface area contributed by atoms with Crippen LogP contribution in [0.25, 0.3) is 15.9 Å². The average molecular weight is 336 g/mol. The highest BCUT2D eigenvalue weighted by Crippen LogP contribution is 2.29. The van der Waals surface area contributed by atoms with Gasteiger partial charge >= 0.3 is 5.91 Å². The molecule has 2 aromatic rings. The molecule has 0 unspecified atom stereocenters. The lowest BCUT2D eigenvalue weighted by molar-refractivity contribution is -0.130. The molecule has 2 aromatic heterocycles. The van der Waals surface area contributed by atoms with Crippen LogP contribution in [0.15, 0.2) is 12.4 Å². The van der Waals surface area contributed by atoms with E-state index in [2.05, 4.69) is 19.8 Å². The van der Waals surface area contributed by atoms with E-state index in [1.807, 2.05) is 0 Å². The quantitative estimate of drug-likeness (QED) is 0.869. The molecular formula is C17H22N6O. The number of aryl methyl sites for hydroxylation is 1. The molecule has 0 aromatic carbocycles. The van der Waals surface area contributed by atoms with Crippen molar-refractivity contribution in [3.05, 3.63) is 29.5 Å².